The van der Waals surface area contributed by atoms with Gasteiger partial charge in [-0.2, -0.15) is 0 Å². The van der Waals surface area contributed by atoms with E-state index in [1.165, 1.54) is 4.88 Å². The molecule has 20 heavy (non-hydrogen) atoms. The summed E-state index contributed by atoms with van der Waals surface area (Å²) < 4.78 is 4.95. The van der Waals surface area contributed by atoms with Crippen LogP contribution in [0.15, 0.2) is 28.1 Å². The Labute approximate surface area is 122 Å². The predicted molar refractivity (Wildman–Crippen MR) is 79.8 cm³/mol. The van der Waals surface area contributed by atoms with Gasteiger partial charge in [0.15, 0.2) is 0 Å². The molecule has 2 rings (SSSR count). The van der Waals surface area contributed by atoms with Crippen molar-refractivity contribution in [2.75, 3.05) is 11.9 Å². The zero-order valence-corrected chi connectivity index (χ0v) is 12.7. The van der Waals surface area contributed by atoms with E-state index < -0.39 is 0 Å². The van der Waals surface area contributed by atoms with Gasteiger partial charge in [0.25, 0.3) is 0 Å². The van der Waals surface area contributed by atoms with Crippen LogP contribution in [0.2, 0.25) is 0 Å². The second-order valence-electron chi connectivity index (χ2n) is 5.00. The molecule has 1 amide bonds. The third kappa shape index (κ3) is 3.91. The van der Waals surface area contributed by atoms with E-state index in [1.54, 1.807) is 17.4 Å². The molecule has 2 heterocycles. The molecule has 108 valence electrons. The summed E-state index contributed by atoms with van der Waals surface area (Å²) in [7, 11) is 0. The standard InChI is InChI=1S/C14H19N3O2S/c1-9(2)14(11-5-4-6-20-11)15-8-12(18)16-13-7-10(3)17-19-13/h4-7,9,14-15H,8H2,1-3H3,(H,16,18)/t14-/m1/s1. The Morgan fingerprint density at radius 3 is 2.85 bits per heavy atom. The van der Waals surface area contributed by atoms with Crippen LogP contribution in [0, 0.1) is 12.8 Å². The van der Waals surface area contributed by atoms with Gasteiger partial charge in [-0.1, -0.05) is 25.1 Å². The Kier molecular flexibility index (Phi) is 4.92. The predicted octanol–water partition coefficient (Wildman–Crippen LogP) is 2.97. The van der Waals surface area contributed by atoms with Crippen LogP contribution in [0.3, 0.4) is 0 Å². The number of hydrogen-bond acceptors (Lipinski definition) is 5. The molecule has 2 aromatic rings. The maximum atomic E-state index is 11.9. The summed E-state index contributed by atoms with van der Waals surface area (Å²) in [5.41, 5.74) is 0.743. The quantitative estimate of drug-likeness (QED) is 0.859. The molecule has 6 heteroatoms. The van der Waals surface area contributed by atoms with Crippen molar-refractivity contribution in [2.45, 2.75) is 26.8 Å². The largest absolute Gasteiger partial charge is 0.338 e. The Hall–Kier alpha value is -1.66. The minimum atomic E-state index is -0.136. The summed E-state index contributed by atoms with van der Waals surface area (Å²) in [5.74, 6) is 0.656. The number of carbonyl (C=O) groups is 1. The number of aryl methyl sites for hydroxylation is 1. The van der Waals surface area contributed by atoms with Gasteiger partial charge < -0.3 is 9.84 Å². The maximum Gasteiger partial charge on any atom is 0.240 e. The van der Waals surface area contributed by atoms with E-state index in [9.17, 15) is 4.79 Å². The topological polar surface area (TPSA) is 67.2 Å². The second-order valence-corrected chi connectivity index (χ2v) is 5.98. The van der Waals surface area contributed by atoms with E-state index in [1.807, 2.05) is 18.4 Å². The maximum absolute atomic E-state index is 11.9. The molecule has 0 aliphatic carbocycles. The summed E-state index contributed by atoms with van der Waals surface area (Å²) in [6.07, 6.45) is 0. The van der Waals surface area contributed by atoms with Crippen molar-refractivity contribution >= 4 is 23.1 Å². The summed E-state index contributed by atoms with van der Waals surface area (Å²) in [4.78, 5) is 13.1. The third-order valence-corrected chi connectivity index (χ3v) is 3.84. The zero-order chi connectivity index (χ0) is 14.5. The van der Waals surface area contributed by atoms with E-state index in [0.29, 0.717) is 11.8 Å². The lowest BCUT2D eigenvalue weighted by Crippen LogP contribution is -2.33. The summed E-state index contributed by atoms with van der Waals surface area (Å²) in [6.45, 7) is 6.31. The van der Waals surface area contributed by atoms with Crippen LogP contribution in [0.4, 0.5) is 5.88 Å². The van der Waals surface area contributed by atoms with Gasteiger partial charge in [0.1, 0.15) is 0 Å². The molecule has 2 N–H and O–H groups in total. The Bertz CT molecular complexity index is 549. The Morgan fingerprint density at radius 1 is 1.50 bits per heavy atom. The number of aromatic nitrogens is 1. The van der Waals surface area contributed by atoms with Crippen LogP contribution >= 0.6 is 11.3 Å². The summed E-state index contributed by atoms with van der Waals surface area (Å²) in [5, 5.41) is 11.7. The highest BCUT2D eigenvalue weighted by Crippen LogP contribution is 2.25. The molecule has 0 unspecified atom stereocenters. The first-order valence-corrected chi connectivity index (χ1v) is 7.44. The van der Waals surface area contributed by atoms with Crippen molar-refractivity contribution in [3.63, 3.8) is 0 Å². The van der Waals surface area contributed by atoms with Crippen molar-refractivity contribution in [1.82, 2.24) is 10.5 Å². The minimum Gasteiger partial charge on any atom is -0.338 e. The van der Waals surface area contributed by atoms with E-state index in [4.69, 9.17) is 4.52 Å². The van der Waals surface area contributed by atoms with Crippen molar-refractivity contribution in [2.24, 2.45) is 5.92 Å². The highest BCUT2D eigenvalue weighted by Gasteiger charge is 2.17. The molecular formula is C14H19N3O2S. The highest BCUT2D eigenvalue weighted by atomic mass is 32.1. The lowest BCUT2D eigenvalue weighted by atomic mass is 10.0. The monoisotopic (exact) mass is 293 g/mol. The molecule has 0 fully saturated rings. The minimum absolute atomic E-state index is 0.136. The van der Waals surface area contributed by atoms with Gasteiger partial charge in [-0.15, -0.1) is 11.3 Å². The fourth-order valence-electron chi connectivity index (χ4n) is 1.94. The molecule has 0 radical (unpaired) electrons. The second kappa shape index (κ2) is 6.67. The molecule has 1 atom stereocenters. The summed E-state index contributed by atoms with van der Waals surface area (Å²) >= 11 is 1.70. The number of nitrogens with one attached hydrogen (secondary N) is 2. The average Bonchev–Trinajstić information content (AvgIpc) is 3.01. The average molecular weight is 293 g/mol. The zero-order valence-electron chi connectivity index (χ0n) is 11.8. The van der Waals surface area contributed by atoms with Crippen LogP contribution < -0.4 is 10.6 Å². The van der Waals surface area contributed by atoms with E-state index in [2.05, 4.69) is 35.7 Å². The van der Waals surface area contributed by atoms with Crippen molar-refractivity contribution in [3.8, 4) is 0 Å². The number of hydrogen-bond donors (Lipinski definition) is 2. The van der Waals surface area contributed by atoms with Crippen LogP contribution in [0.5, 0.6) is 0 Å². The van der Waals surface area contributed by atoms with Crippen LogP contribution in [0.1, 0.15) is 30.5 Å². The van der Waals surface area contributed by atoms with E-state index in [-0.39, 0.29) is 18.5 Å². The fraction of sp³-hybridized carbons (Fsp3) is 0.429. The van der Waals surface area contributed by atoms with Gasteiger partial charge in [-0.25, -0.2) is 0 Å². The summed E-state index contributed by atoms with van der Waals surface area (Å²) in [6, 6.07) is 5.98. The number of carbonyl (C=O) groups excluding carboxylic acids is 1. The van der Waals surface area contributed by atoms with Gasteiger partial charge in [0.2, 0.25) is 11.8 Å². The van der Waals surface area contributed by atoms with Crippen molar-refractivity contribution in [1.29, 1.82) is 0 Å². The van der Waals surface area contributed by atoms with Crippen LogP contribution in [-0.4, -0.2) is 17.6 Å². The molecule has 5 nitrogen and oxygen atoms in total. The van der Waals surface area contributed by atoms with Gasteiger partial charge in [0.05, 0.1) is 12.2 Å². The van der Waals surface area contributed by atoms with Crippen LogP contribution in [0.25, 0.3) is 0 Å². The van der Waals surface area contributed by atoms with Gasteiger partial charge in [0, 0.05) is 17.0 Å². The lowest BCUT2D eigenvalue weighted by Gasteiger charge is -2.20. The number of amides is 1. The SMILES string of the molecule is Cc1cc(NC(=O)CN[C@@H](c2cccs2)C(C)C)on1. The highest BCUT2D eigenvalue weighted by molar-refractivity contribution is 7.10. The number of anilines is 1. The Balaban J connectivity index is 1.88. The van der Waals surface area contributed by atoms with Gasteiger partial charge in [-0.3, -0.25) is 10.1 Å². The molecule has 0 aliphatic rings. The fourth-order valence-corrected chi connectivity index (χ4v) is 2.91. The van der Waals surface area contributed by atoms with Gasteiger partial charge in [-0.05, 0) is 24.3 Å². The smallest absolute Gasteiger partial charge is 0.240 e. The molecular weight excluding hydrogens is 274 g/mol. The first-order chi connectivity index (χ1) is 9.56. The number of thiophene rings is 1. The normalized spacial score (nSPS) is 12.6. The first-order valence-electron chi connectivity index (χ1n) is 6.56. The van der Waals surface area contributed by atoms with E-state index >= 15 is 0 Å². The molecule has 0 saturated heterocycles. The molecule has 0 aliphatic heterocycles. The number of rotatable bonds is 6. The molecule has 0 saturated carbocycles. The third-order valence-electron chi connectivity index (χ3n) is 2.89. The molecule has 2 aromatic heterocycles. The lowest BCUT2D eigenvalue weighted by molar-refractivity contribution is -0.115. The van der Waals surface area contributed by atoms with Crippen molar-refractivity contribution in [3.05, 3.63) is 34.2 Å². The number of nitrogens with zero attached hydrogens (tertiary/aromatic N) is 1. The van der Waals surface area contributed by atoms with Crippen molar-refractivity contribution < 1.29 is 9.32 Å². The molecule has 0 spiro atoms. The van der Waals surface area contributed by atoms with Gasteiger partial charge >= 0.3 is 0 Å². The molecule has 0 aromatic carbocycles. The van der Waals surface area contributed by atoms with Crippen LogP contribution in [-0.2, 0) is 4.79 Å². The first kappa shape index (κ1) is 14.7. The van der Waals surface area contributed by atoms with E-state index in [0.717, 1.165) is 5.69 Å². The Morgan fingerprint density at radius 2 is 2.30 bits per heavy atom. The molecule has 0 bridgehead atoms.